The van der Waals surface area contributed by atoms with Crippen LogP contribution in [0.5, 0.6) is 0 Å². The number of hydrogen-bond acceptors (Lipinski definition) is 3. The first-order valence-corrected chi connectivity index (χ1v) is 7.12. The van der Waals surface area contributed by atoms with E-state index in [1.807, 2.05) is 12.1 Å². The van der Waals surface area contributed by atoms with Crippen LogP contribution in [0, 0.1) is 5.41 Å². The van der Waals surface area contributed by atoms with Crippen LogP contribution in [-0.4, -0.2) is 24.8 Å². The topological polar surface area (TPSA) is 50.7 Å². The normalized spacial score (nSPS) is 12.5. The molecule has 0 saturated carbocycles. The zero-order valence-electron chi connectivity index (χ0n) is 13.9. The number of hydrogen-bond donors (Lipinski definition) is 1. The molecule has 0 aliphatic heterocycles. The van der Waals surface area contributed by atoms with Crippen molar-refractivity contribution in [2.24, 2.45) is 10.6 Å². The molecule has 116 valence electrons. The highest BCUT2D eigenvalue weighted by Gasteiger charge is 2.27. The molecular formula is C17H26N2O2. The summed E-state index contributed by atoms with van der Waals surface area (Å²) in [7, 11) is 1.50. The molecule has 0 radical (unpaired) electrons. The monoisotopic (exact) mass is 290 g/mol. The van der Waals surface area contributed by atoms with Crippen molar-refractivity contribution in [3.63, 3.8) is 0 Å². The highest BCUT2D eigenvalue weighted by atomic mass is 16.6. The van der Waals surface area contributed by atoms with E-state index >= 15 is 0 Å². The Morgan fingerprint density at radius 2 is 1.76 bits per heavy atom. The summed E-state index contributed by atoms with van der Waals surface area (Å²) < 4.78 is 0. The summed E-state index contributed by atoms with van der Waals surface area (Å²) in [6, 6.07) is 7.27. The van der Waals surface area contributed by atoms with Crippen molar-refractivity contribution in [1.29, 1.82) is 0 Å². The highest BCUT2D eigenvalue weighted by molar-refractivity contribution is 5.95. The van der Waals surface area contributed by atoms with Crippen LogP contribution in [0.4, 0.5) is 0 Å². The third-order valence-corrected chi connectivity index (χ3v) is 2.90. The van der Waals surface area contributed by atoms with Gasteiger partial charge in [0.25, 0.3) is 5.91 Å². The summed E-state index contributed by atoms with van der Waals surface area (Å²) in [4.78, 5) is 16.9. The number of amides is 1. The molecule has 0 heterocycles. The highest BCUT2D eigenvalue weighted by Crippen LogP contribution is 2.27. The fraction of sp³-hybridized carbons (Fsp3) is 0.529. The van der Waals surface area contributed by atoms with Gasteiger partial charge in [-0.3, -0.25) is 4.79 Å². The first kappa shape index (κ1) is 17.2. The van der Waals surface area contributed by atoms with E-state index in [4.69, 9.17) is 0 Å². The number of benzene rings is 1. The minimum atomic E-state index is -0.245. The lowest BCUT2D eigenvalue weighted by atomic mass is 9.81. The van der Waals surface area contributed by atoms with Gasteiger partial charge in [0.2, 0.25) is 0 Å². The van der Waals surface area contributed by atoms with Crippen molar-refractivity contribution in [3.8, 4) is 0 Å². The van der Waals surface area contributed by atoms with Gasteiger partial charge < -0.3 is 10.2 Å². The van der Waals surface area contributed by atoms with Gasteiger partial charge in [-0.15, -0.1) is 0 Å². The third kappa shape index (κ3) is 6.43. The van der Waals surface area contributed by atoms with Gasteiger partial charge in [-0.1, -0.05) is 38.1 Å². The fourth-order valence-electron chi connectivity index (χ4n) is 2.58. The van der Waals surface area contributed by atoms with Gasteiger partial charge in [-0.25, -0.2) is 0 Å². The fourth-order valence-corrected chi connectivity index (χ4v) is 2.58. The Morgan fingerprint density at radius 1 is 1.19 bits per heavy atom. The third-order valence-electron chi connectivity index (χ3n) is 2.90. The van der Waals surface area contributed by atoms with Crippen LogP contribution in [0.25, 0.3) is 0 Å². The molecular weight excluding hydrogens is 264 g/mol. The van der Waals surface area contributed by atoms with Crippen molar-refractivity contribution in [2.45, 2.75) is 46.6 Å². The molecule has 1 aromatic carbocycles. The predicted molar refractivity (Wildman–Crippen MR) is 86.7 cm³/mol. The molecule has 0 saturated heterocycles. The number of oxime groups is 1. The Hall–Kier alpha value is -1.84. The number of nitrogens with zero attached hydrogens (tertiary/aromatic N) is 1. The van der Waals surface area contributed by atoms with Crippen molar-refractivity contribution in [3.05, 3.63) is 35.4 Å². The van der Waals surface area contributed by atoms with Gasteiger partial charge in [-0.2, -0.15) is 0 Å². The first-order valence-electron chi connectivity index (χ1n) is 7.12. The Morgan fingerprint density at radius 3 is 2.24 bits per heavy atom. The molecule has 4 heteroatoms. The standard InChI is InChI=1S/C17H26N2O2/c1-16(2,3)12-17(4,5)19-15(20)14-9-7-13(8-10-14)11-18-21-6/h7-11H,12H2,1-6H3,(H,19,20)/b18-11+. The summed E-state index contributed by atoms with van der Waals surface area (Å²) in [5.41, 5.74) is 1.46. The second-order valence-corrected chi connectivity index (χ2v) is 7.11. The van der Waals surface area contributed by atoms with Gasteiger partial charge in [0.15, 0.2) is 0 Å². The van der Waals surface area contributed by atoms with Gasteiger partial charge in [0, 0.05) is 11.1 Å². The zero-order chi connectivity index (χ0) is 16.1. The summed E-state index contributed by atoms with van der Waals surface area (Å²) in [5.74, 6) is -0.0560. The van der Waals surface area contributed by atoms with Gasteiger partial charge in [0.1, 0.15) is 7.11 Å². The zero-order valence-corrected chi connectivity index (χ0v) is 13.9. The first-order chi connectivity index (χ1) is 9.63. The van der Waals surface area contributed by atoms with Crippen molar-refractivity contribution in [2.75, 3.05) is 7.11 Å². The quantitative estimate of drug-likeness (QED) is 0.665. The molecule has 0 fully saturated rings. The second kappa shape index (κ2) is 6.74. The lowest BCUT2D eigenvalue weighted by Gasteiger charge is -2.33. The summed E-state index contributed by atoms with van der Waals surface area (Å²) in [5, 5.41) is 6.79. The Kier molecular flexibility index (Phi) is 5.53. The lowest BCUT2D eigenvalue weighted by molar-refractivity contribution is 0.0891. The van der Waals surface area contributed by atoms with E-state index in [-0.39, 0.29) is 16.9 Å². The van der Waals surface area contributed by atoms with E-state index in [0.717, 1.165) is 12.0 Å². The predicted octanol–water partition coefficient (Wildman–Crippen LogP) is 3.61. The number of carbonyl (C=O) groups excluding carboxylic acids is 1. The maximum absolute atomic E-state index is 12.3. The SMILES string of the molecule is CO/N=C/c1ccc(C(=O)NC(C)(C)CC(C)(C)C)cc1. The van der Waals surface area contributed by atoms with Crippen molar-refractivity contribution in [1.82, 2.24) is 5.32 Å². The molecule has 1 amide bonds. The molecule has 0 aliphatic rings. The molecule has 1 rings (SSSR count). The second-order valence-electron chi connectivity index (χ2n) is 7.11. The number of carbonyl (C=O) groups is 1. The van der Waals surface area contributed by atoms with E-state index in [2.05, 4.69) is 49.9 Å². The maximum Gasteiger partial charge on any atom is 0.251 e. The Balaban J connectivity index is 2.73. The van der Waals surface area contributed by atoms with Crippen LogP contribution in [0.2, 0.25) is 0 Å². The smallest absolute Gasteiger partial charge is 0.251 e. The lowest BCUT2D eigenvalue weighted by Crippen LogP contribution is -2.45. The molecule has 1 N–H and O–H groups in total. The van der Waals surface area contributed by atoms with Crippen LogP contribution in [0.15, 0.2) is 29.4 Å². The van der Waals surface area contributed by atoms with Gasteiger partial charge in [-0.05, 0) is 43.4 Å². The molecule has 0 aliphatic carbocycles. The number of nitrogens with one attached hydrogen (secondary N) is 1. The van der Waals surface area contributed by atoms with Crippen LogP contribution in [-0.2, 0) is 4.84 Å². The van der Waals surface area contributed by atoms with Crippen LogP contribution in [0.3, 0.4) is 0 Å². The van der Waals surface area contributed by atoms with Crippen molar-refractivity contribution >= 4 is 12.1 Å². The molecule has 0 atom stereocenters. The molecule has 0 spiro atoms. The van der Waals surface area contributed by atoms with Gasteiger partial charge in [0.05, 0.1) is 6.21 Å². The average molecular weight is 290 g/mol. The Labute approximate surface area is 127 Å². The van der Waals surface area contributed by atoms with E-state index in [0.29, 0.717) is 5.56 Å². The van der Waals surface area contributed by atoms with E-state index in [9.17, 15) is 4.79 Å². The molecule has 0 bridgehead atoms. The Bertz CT molecular complexity index is 497. The summed E-state index contributed by atoms with van der Waals surface area (Å²) >= 11 is 0. The summed E-state index contributed by atoms with van der Waals surface area (Å²) in [6.07, 6.45) is 2.51. The molecule has 4 nitrogen and oxygen atoms in total. The maximum atomic E-state index is 12.3. The van der Waals surface area contributed by atoms with Crippen LogP contribution in [0.1, 0.15) is 57.0 Å². The molecule has 1 aromatic rings. The van der Waals surface area contributed by atoms with E-state index in [1.54, 1.807) is 18.3 Å². The molecule has 0 unspecified atom stereocenters. The largest absolute Gasteiger partial charge is 0.399 e. The van der Waals surface area contributed by atoms with Crippen LogP contribution < -0.4 is 5.32 Å². The van der Waals surface area contributed by atoms with Crippen LogP contribution >= 0.6 is 0 Å². The van der Waals surface area contributed by atoms with Crippen molar-refractivity contribution < 1.29 is 9.63 Å². The summed E-state index contributed by atoms with van der Waals surface area (Å²) in [6.45, 7) is 10.6. The molecule has 0 aromatic heterocycles. The minimum Gasteiger partial charge on any atom is -0.399 e. The van der Waals surface area contributed by atoms with E-state index < -0.39 is 0 Å². The number of rotatable bonds is 5. The average Bonchev–Trinajstić information content (AvgIpc) is 2.33. The van der Waals surface area contributed by atoms with E-state index in [1.165, 1.54) is 7.11 Å². The minimum absolute atomic E-state index is 0.0560. The van der Waals surface area contributed by atoms with Gasteiger partial charge >= 0.3 is 0 Å². The molecule has 21 heavy (non-hydrogen) atoms.